The molecule has 1 N–H and O–H groups in total. The van der Waals surface area contributed by atoms with Crippen LogP contribution in [0.5, 0.6) is 11.5 Å². The summed E-state index contributed by atoms with van der Waals surface area (Å²) in [6, 6.07) is 8.81. The second-order valence-corrected chi connectivity index (χ2v) is 4.50. The van der Waals surface area contributed by atoms with Gasteiger partial charge in [-0.2, -0.15) is 5.10 Å². The maximum atomic E-state index is 11.9. The predicted molar refractivity (Wildman–Crippen MR) is 83.6 cm³/mol. The molecule has 2 rings (SSSR count). The van der Waals surface area contributed by atoms with E-state index in [0.29, 0.717) is 17.1 Å². The minimum atomic E-state index is -0.316. The van der Waals surface area contributed by atoms with Crippen molar-refractivity contribution in [2.75, 3.05) is 14.2 Å². The number of hydrogen-bond acceptors (Lipinski definition) is 5. The molecule has 0 spiro atoms. The van der Waals surface area contributed by atoms with E-state index in [0.717, 1.165) is 11.3 Å². The number of hydrogen-bond donors (Lipinski definition) is 1. The quantitative estimate of drug-likeness (QED) is 0.678. The van der Waals surface area contributed by atoms with E-state index in [2.05, 4.69) is 15.5 Å². The van der Waals surface area contributed by atoms with Crippen molar-refractivity contribution >= 4 is 12.1 Å². The highest BCUT2D eigenvalue weighted by molar-refractivity contribution is 5.94. The number of methoxy groups -OCH3 is 2. The van der Waals surface area contributed by atoms with Gasteiger partial charge in [-0.3, -0.25) is 9.78 Å². The van der Waals surface area contributed by atoms with Crippen LogP contribution in [0.25, 0.3) is 0 Å². The summed E-state index contributed by atoms with van der Waals surface area (Å²) in [4.78, 5) is 15.9. The van der Waals surface area contributed by atoms with E-state index >= 15 is 0 Å². The number of rotatable bonds is 5. The normalized spacial score (nSPS) is 10.5. The number of benzene rings is 1. The average molecular weight is 299 g/mol. The van der Waals surface area contributed by atoms with Crippen molar-refractivity contribution in [2.24, 2.45) is 5.10 Å². The van der Waals surface area contributed by atoms with E-state index in [1.165, 1.54) is 12.4 Å². The highest BCUT2D eigenvalue weighted by Crippen LogP contribution is 2.26. The summed E-state index contributed by atoms with van der Waals surface area (Å²) in [7, 11) is 3.13. The number of ether oxygens (including phenoxy) is 2. The molecular weight excluding hydrogens is 282 g/mol. The molecule has 0 aliphatic rings. The lowest BCUT2D eigenvalue weighted by Gasteiger charge is -2.07. The monoisotopic (exact) mass is 299 g/mol. The van der Waals surface area contributed by atoms with Gasteiger partial charge in [0.15, 0.2) is 11.5 Å². The summed E-state index contributed by atoms with van der Waals surface area (Å²) in [5, 5.41) is 3.92. The molecule has 0 radical (unpaired) electrons. The zero-order chi connectivity index (χ0) is 15.9. The van der Waals surface area contributed by atoms with Crippen molar-refractivity contribution in [1.29, 1.82) is 0 Å². The lowest BCUT2D eigenvalue weighted by atomic mass is 10.2. The topological polar surface area (TPSA) is 72.8 Å². The highest BCUT2D eigenvalue weighted by Gasteiger charge is 2.05. The zero-order valence-corrected chi connectivity index (χ0v) is 12.7. The van der Waals surface area contributed by atoms with Gasteiger partial charge in [-0.05, 0) is 42.8 Å². The minimum absolute atomic E-state index is 0.316. The molecule has 0 unspecified atom stereocenters. The number of amides is 1. The van der Waals surface area contributed by atoms with Gasteiger partial charge in [0.1, 0.15) is 0 Å². The molecule has 0 saturated carbocycles. The lowest BCUT2D eigenvalue weighted by Crippen LogP contribution is -2.17. The van der Waals surface area contributed by atoms with Crippen molar-refractivity contribution in [2.45, 2.75) is 6.92 Å². The van der Waals surface area contributed by atoms with Crippen LogP contribution in [0.1, 0.15) is 21.6 Å². The predicted octanol–water partition coefficient (Wildman–Crippen LogP) is 2.17. The van der Waals surface area contributed by atoms with Crippen LogP contribution in [0.2, 0.25) is 0 Å². The summed E-state index contributed by atoms with van der Waals surface area (Å²) in [5.74, 6) is 0.916. The first-order chi connectivity index (χ1) is 10.6. The fourth-order valence-corrected chi connectivity index (χ4v) is 1.77. The molecule has 0 saturated heterocycles. The summed E-state index contributed by atoms with van der Waals surface area (Å²) in [5.41, 5.74) is 4.54. The van der Waals surface area contributed by atoms with Crippen LogP contribution in [0.4, 0.5) is 0 Å². The van der Waals surface area contributed by atoms with Gasteiger partial charge in [-0.25, -0.2) is 5.43 Å². The Morgan fingerprint density at radius 3 is 2.59 bits per heavy atom. The number of nitrogens with one attached hydrogen (secondary N) is 1. The third-order valence-electron chi connectivity index (χ3n) is 2.96. The van der Waals surface area contributed by atoms with Crippen molar-refractivity contribution in [1.82, 2.24) is 10.4 Å². The fourth-order valence-electron chi connectivity index (χ4n) is 1.77. The van der Waals surface area contributed by atoms with Crippen molar-refractivity contribution in [3.8, 4) is 11.5 Å². The molecule has 1 aromatic carbocycles. The summed E-state index contributed by atoms with van der Waals surface area (Å²) >= 11 is 0. The Hall–Kier alpha value is -2.89. The van der Waals surface area contributed by atoms with Crippen LogP contribution in [0.3, 0.4) is 0 Å². The first-order valence-corrected chi connectivity index (χ1v) is 6.62. The maximum Gasteiger partial charge on any atom is 0.272 e. The van der Waals surface area contributed by atoms with E-state index < -0.39 is 0 Å². The Morgan fingerprint density at radius 2 is 1.95 bits per heavy atom. The number of carbonyl (C=O) groups excluding carboxylic acids is 1. The number of hydrazone groups is 1. The van der Waals surface area contributed by atoms with Gasteiger partial charge >= 0.3 is 0 Å². The Morgan fingerprint density at radius 1 is 1.18 bits per heavy atom. The van der Waals surface area contributed by atoms with Gasteiger partial charge in [0.05, 0.1) is 26.0 Å². The molecule has 0 atom stereocenters. The summed E-state index contributed by atoms with van der Waals surface area (Å²) in [6.07, 6.45) is 3.04. The van der Waals surface area contributed by atoms with E-state index in [4.69, 9.17) is 9.47 Å². The van der Waals surface area contributed by atoms with Crippen LogP contribution in [0.15, 0.2) is 41.6 Å². The van der Waals surface area contributed by atoms with Gasteiger partial charge in [0.25, 0.3) is 5.91 Å². The van der Waals surface area contributed by atoms with Crippen molar-refractivity contribution < 1.29 is 14.3 Å². The molecular formula is C16H17N3O3. The zero-order valence-electron chi connectivity index (χ0n) is 12.7. The van der Waals surface area contributed by atoms with Crippen molar-refractivity contribution in [3.05, 3.63) is 53.3 Å². The van der Waals surface area contributed by atoms with Crippen LogP contribution in [-0.2, 0) is 0 Å². The minimum Gasteiger partial charge on any atom is -0.493 e. The highest BCUT2D eigenvalue weighted by atomic mass is 16.5. The van der Waals surface area contributed by atoms with E-state index in [1.54, 1.807) is 38.5 Å². The first-order valence-electron chi connectivity index (χ1n) is 6.62. The van der Waals surface area contributed by atoms with Gasteiger partial charge in [0, 0.05) is 11.9 Å². The van der Waals surface area contributed by atoms with E-state index in [1.807, 2.05) is 13.0 Å². The Kier molecular flexibility index (Phi) is 5.08. The standard InChI is InChI=1S/C16H17N3O3/c1-11-4-6-13(10-17-11)16(20)19-18-9-12-5-7-14(21-2)15(8-12)22-3/h4-10H,1-3H3,(H,19,20). The van der Waals surface area contributed by atoms with Gasteiger partial charge in [-0.15, -0.1) is 0 Å². The molecule has 0 bridgehead atoms. The molecule has 1 aromatic heterocycles. The smallest absolute Gasteiger partial charge is 0.272 e. The molecule has 2 aromatic rings. The van der Waals surface area contributed by atoms with E-state index in [9.17, 15) is 4.79 Å². The maximum absolute atomic E-state index is 11.9. The van der Waals surface area contributed by atoms with Gasteiger partial charge < -0.3 is 9.47 Å². The average Bonchev–Trinajstić information content (AvgIpc) is 2.55. The van der Waals surface area contributed by atoms with Crippen LogP contribution in [0, 0.1) is 6.92 Å². The second kappa shape index (κ2) is 7.21. The second-order valence-electron chi connectivity index (χ2n) is 4.50. The molecule has 0 fully saturated rings. The molecule has 6 nitrogen and oxygen atoms in total. The number of carbonyl (C=O) groups is 1. The largest absolute Gasteiger partial charge is 0.493 e. The number of aryl methyl sites for hydroxylation is 1. The number of pyridine rings is 1. The fraction of sp³-hybridized carbons (Fsp3) is 0.188. The molecule has 114 valence electrons. The third-order valence-corrected chi connectivity index (χ3v) is 2.96. The molecule has 22 heavy (non-hydrogen) atoms. The van der Waals surface area contributed by atoms with Crippen LogP contribution in [-0.4, -0.2) is 31.3 Å². The van der Waals surface area contributed by atoms with E-state index in [-0.39, 0.29) is 5.91 Å². The van der Waals surface area contributed by atoms with Crippen molar-refractivity contribution in [3.63, 3.8) is 0 Å². The molecule has 1 amide bonds. The van der Waals surface area contributed by atoms with Crippen LogP contribution >= 0.6 is 0 Å². The first kappa shape index (κ1) is 15.5. The van der Waals surface area contributed by atoms with Gasteiger partial charge in [0.2, 0.25) is 0 Å². The van der Waals surface area contributed by atoms with Crippen LogP contribution < -0.4 is 14.9 Å². The summed E-state index contributed by atoms with van der Waals surface area (Å²) < 4.78 is 10.4. The molecule has 1 heterocycles. The molecule has 0 aliphatic heterocycles. The molecule has 6 heteroatoms. The number of nitrogens with zero attached hydrogens (tertiary/aromatic N) is 2. The Balaban J connectivity index is 2.03. The Labute approximate surface area is 128 Å². The summed E-state index contributed by atoms with van der Waals surface area (Å²) in [6.45, 7) is 1.86. The lowest BCUT2D eigenvalue weighted by molar-refractivity contribution is 0.0955. The Bertz CT molecular complexity index is 682. The number of aromatic nitrogens is 1. The molecule has 0 aliphatic carbocycles. The third kappa shape index (κ3) is 3.82. The SMILES string of the molecule is COc1ccc(C=NNC(=O)c2ccc(C)nc2)cc1OC. The van der Waals surface area contributed by atoms with Gasteiger partial charge in [-0.1, -0.05) is 0 Å².